The molecule has 7 nitrogen and oxygen atoms in total. The number of aryl methyl sites for hydroxylation is 1. The molecule has 7 heteroatoms. The minimum Gasteiger partial charge on any atom is -0.338 e. The summed E-state index contributed by atoms with van der Waals surface area (Å²) in [7, 11) is 0. The van der Waals surface area contributed by atoms with Crippen molar-refractivity contribution in [2.24, 2.45) is 0 Å². The summed E-state index contributed by atoms with van der Waals surface area (Å²) in [5.41, 5.74) is 2.70. The van der Waals surface area contributed by atoms with Crippen LogP contribution in [0.2, 0.25) is 0 Å². The molecule has 0 saturated carbocycles. The molecule has 0 bridgehead atoms. The second-order valence-electron chi connectivity index (χ2n) is 6.30. The molecule has 1 N–H and O–H groups in total. The quantitative estimate of drug-likeness (QED) is 0.780. The van der Waals surface area contributed by atoms with Crippen molar-refractivity contribution in [2.45, 2.75) is 32.2 Å². The summed E-state index contributed by atoms with van der Waals surface area (Å²) < 4.78 is 6.56. The molecule has 4 rings (SSSR count). The topological polar surface area (TPSA) is 90.0 Å². The van der Waals surface area contributed by atoms with E-state index in [0.717, 1.165) is 42.5 Å². The van der Waals surface area contributed by atoms with Crippen LogP contribution in [-0.4, -0.2) is 20.8 Å². The lowest BCUT2D eigenvalue weighted by atomic mass is 9.98. The number of hydrogen-bond donors (Lipinski definition) is 1. The Balaban J connectivity index is 1.56. The smallest absolute Gasteiger partial charge is 0.278 e. The Kier molecular flexibility index (Phi) is 4.35. The van der Waals surface area contributed by atoms with Crippen molar-refractivity contribution in [2.75, 3.05) is 5.32 Å². The highest BCUT2D eigenvalue weighted by atomic mass is 16.5. The van der Waals surface area contributed by atoms with E-state index >= 15 is 0 Å². The molecule has 26 heavy (non-hydrogen) atoms. The molecule has 132 valence electrons. The van der Waals surface area contributed by atoms with Gasteiger partial charge in [0.15, 0.2) is 0 Å². The monoisotopic (exact) mass is 350 g/mol. The predicted octanol–water partition coefficient (Wildman–Crippen LogP) is 2.41. The Bertz CT molecular complexity index is 992. The number of carbonyl (C=O) groups is 1. The van der Waals surface area contributed by atoms with Gasteiger partial charge in [0, 0.05) is 11.6 Å². The second kappa shape index (κ2) is 6.95. The van der Waals surface area contributed by atoms with E-state index in [2.05, 4.69) is 15.6 Å². The van der Waals surface area contributed by atoms with Crippen LogP contribution in [0.3, 0.4) is 0 Å². The van der Waals surface area contributed by atoms with Crippen molar-refractivity contribution in [1.29, 1.82) is 0 Å². The molecule has 0 unspecified atom stereocenters. The lowest BCUT2D eigenvalue weighted by molar-refractivity contribution is 0.101. The lowest BCUT2D eigenvalue weighted by Crippen LogP contribution is -2.26. The Hall–Kier alpha value is -3.22. The van der Waals surface area contributed by atoms with E-state index in [1.54, 1.807) is 0 Å². The summed E-state index contributed by atoms with van der Waals surface area (Å²) in [5, 5.41) is 10.9. The van der Waals surface area contributed by atoms with Gasteiger partial charge in [-0.2, -0.15) is 5.10 Å². The maximum absolute atomic E-state index is 12.5. The molecule has 1 amide bonds. The Labute approximate surface area is 149 Å². The van der Waals surface area contributed by atoms with Gasteiger partial charge in [0.1, 0.15) is 5.69 Å². The molecular weight excluding hydrogens is 332 g/mol. The minimum atomic E-state index is -0.420. The van der Waals surface area contributed by atoms with Gasteiger partial charge < -0.3 is 4.52 Å². The zero-order chi connectivity index (χ0) is 17.9. The molecule has 0 atom stereocenters. The molecule has 0 aliphatic heterocycles. The number of nitrogens with one attached hydrogen (secondary N) is 1. The molecule has 0 spiro atoms. The van der Waals surface area contributed by atoms with Crippen LogP contribution in [-0.2, 0) is 19.4 Å². The van der Waals surface area contributed by atoms with E-state index in [9.17, 15) is 9.59 Å². The standard InChI is InChI=1S/C19H18N4O3/c24-17-11-10-16(21-23(17)12-13-6-2-1-3-7-13)18(25)20-19-14-8-4-5-9-15(14)22-26-19/h1-3,6-7,10-11H,4-5,8-9,12H2,(H,20,25). The van der Waals surface area contributed by atoms with E-state index in [-0.39, 0.29) is 11.3 Å². The average molecular weight is 350 g/mol. The number of fused-ring (bicyclic) bond motifs is 1. The third-order valence-corrected chi connectivity index (χ3v) is 4.46. The average Bonchev–Trinajstić information content (AvgIpc) is 3.07. The number of aromatic nitrogens is 3. The van der Waals surface area contributed by atoms with Crippen LogP contribution in [0.15, 0.2) is 51.8 Å². The Morgan fingerprint density at radius 1 is 1.12 bits per heavy atom. The van der Waals surface area contributed by atoms with Gasteiger partial charge in [-0.15, -0.1) is 0 Å². The summed E-state index contributed by atoms with van der Waals surface area (Å²) in [6, 6.07) is 12.3. The molecule has 0 fully saturated rings. The fourth-order valence-corrected chi connectivity index (χ4v) is 3.10. The van der Waals surface area contributed by atoms with Crippen LogP contribution in [0.4, 0.5) is 5.88 Å². The number of benzene rings is 1. The van der Waals surface area contributed by atoms with E-state index in [4.69, 9.17) is 4.52 Å². The molecule has 1 aliphatic carbocycles. The van der Waals surface area contributed by atoms with Crippen LogP contribution >= 0.6 is 0 Å². The number of amides is 1. The van der Waals surface area contributed by atoms with E-state index in [1.807, 2.05) is 30.3 Å². The second-order valence-corrected chi connectivity index (χ2v) is 6.30. The van der Waals surface area contributed by atoms with E-state index in [1.165, 1.54) is 16.8 Å². The van der Waals surface area contributed by atoms with Crippen molar-refractivity contribution >= 4 is 11.8 Å². The highest BCUT2D eigenvalue weighted by Gasteiger charge is 2.21. The first-order chi connectivity index (χ1) is 12.7. The van der Waals surface area contributed by atoms with Crippen molar-refractivity contribution in [3.63, 3.8) is 0 Å². The van der Waals surface area contributed by atoms with Crippen molar-refractivity contribution in [1.82, 2.24) is 14.9 Å². The zero-order valence-electron chi connectivity index (χ0n) is 14.1. The largest absolute Gasteiger partial charge is 0.338 e. The van der Waals surface area contributed by atoms with Crippen LogP contribution in [0.1, 0.15) is 40.2 Å². The molecule has 1 aromatic carbocycles. The lowest BCUT2D eigenvalue weighted by Gasteiger charge is -2.10. The van der Waals surface area contributed by atoms with Crippen LogP contribution in [0.5, 0.6) is 0 Å². The first kappa shape index (κ1) is 16.3. The maximum atomic E-state index is 12.5. The van der Waals surface area contributed by atoms with E-state index in [0.29, 0.717) is 12.4 Å². The van der Waals surface area contributed by atoms with Gasteiger partial charge in [-0.3, -0.25) is 14.9 Å². The predicted molar refractivity (Wildman–Crippen MR) is 95.1 cm³/mol. The third kappa shape index (κ3) is 3.28. The van der Waals surface area contributed by atoms with Crippen molar-refractivity contribution in [3.8, 4) is 0 Å². The Morgan fingerprint density at radius 3 is 2.77 bits per heavy atom. The number of anilines is 1. The van der Waals surface area contributed by atoms with Crippen LogP contribution in [0.25, 0.3) is 0 Å². The molecule has 0 saturated heterocycles. The number of rotatable bonds is 4. The summed E-state index contributed by atoms with van der Waals surface area (Å²) in [6.45, 7) is 0.304. The van der Waals surface area contributed by atoms with Gasteiger partial charge in [-0.1, -0.05) is 35.5 Å². The van der Waals surface area contributed by atoms with Crippen molar-refractivity contribution < 1.29 is 9.32 Å². The normalized spacial score (nSPS) is 13.2. The first-order valence-corrected chi connectivity index (χ1v) is 8.61. The molecule has 1 aliphatic rings. The zero-order valence-corrected chi connectivity index (χ0v) is 14.1. The van der Waals surface area contributed by atoms with Gasteiger partial charge in [-0.25, -0.2) is 4.68 Å². The summed E-state index contributed by atoms with van der Waals surface area (Å²) in [4.78, 5) is 24.6. The number of nitrogens with zero attached hydrogens (tertiary/aromatic N) is 3. The van der Waals surface area contributed by atoms with Crippen LogP contribution in [0, 0.1) is 0 Å². The fourth-order valence-electron chi connectivity index (χ4n) is 3.10. The van der Waals surface area contributed by atoms with E-state index < -0.39 is 5.91 Å². The molecule has 2 aromatic heterocycles. The Morgan fingerprint density at radius 2 is 1.92 bits per heavy atom. The summed E-state index contributed by atoms with van der Waals surface area (Å²) >= 11 is 0. The molecular formula is C19H18N4O3. The number of hydrogen-bond acceptors (Lipinski definition) is 5. The van der Waals surface area contributed by atoms with Crippen molar-refractivity contribution in [3.05, 3.63) is 75.3 Å². The first-order valence-electron chi connectivity index (χ1n) is 8.61. The van der Waals surface area contributed by atoms with Gasteiger partial charge in [0.2, 0.25) is 5.88 Å². The van der Waals surface area contributed by atoms with Gasteiger partial charge >= 0.3 is 0 Å². The molecule has 2 heterocycles. The van der Waals surface area contributed by atoms with Gasteiger partial charge in [-0.05, 0) is 37.3 Å². The highest BCUT2D eigenvalue weighted by Crippen LogP contribution is 2.27. The minimum absolute atomic E-state index is 0.154. The molecule has 3 aromatic rings. The summed E-state index contributed by atoms with van der Waals surface area (Å²) in [6.07, 6.45) is 3.85. The van der Waals surface area contributed by atoms with Gasteiger partial charge in [0.25, 0.3) is 11.5 Å². The molecule has 0 radical (unpaired) electrons. The number of carbonyl (C=O) groups excluding carboxylic acids is 1. The fraction of sp³-hybridized carbons (Fsp3) is 0.263. The SMILES string of the molecule is O=C(Nc1onc2c1CCCC2)c1ccc(=O)n(Cc2ccccc2)n1. The maximum Gasteiger partial charge on any atom is 0.278 e. The van der Waals surface area contributed by atoms with Gasteiger partial charge in [0.05, 0.1) is 12.2 Å². The van der Waals surface area contributed by atoms with Crippen LogP contribution < -0.4 is 10.9 Å². The summed E-state index contributed by atoms with van der Waals surface area (Å²) in [5.74, 6) is -0.0383. The third-order valence-electron chi connectivity index (χ3n) is 4.46. The highest BCUT2D eigenvalue weighted by molar-refractivity contribution is 6.02.